The minimum absolute atomic E-state index is 0.115. The number of hydrogen-bond donors (Lipinski definition) is 3. The van der Waals surface area contributed by atoms with Gasteiger partial charge in [-0.05, 0) is 83.4 Å². The van der Waals surface area contributed by atoms with Crippen LogP contribution in [-0.2, 0) is 30.3 Å². The van der Waals surface area contributed by atoms with E-state index in [9.17, 15) is 9.59 Å². The van der Waals surface area contributed by atoms with Crippen molar-refractivity contribution in [3.05, 3.63) is 30.5 Å². The van der Waals surface area contributed by atoms with E-state index in [1.165, 1.54) is 0 Å². The molecule has 258 valence electrons. The summed E-state index contributed by atoms with van der Waals surface area (Å²) in [6, 6.07) is 7.27. The lowest BCUT2D eigenvalue weighted by molar-refractivity contribution is -0.172. The molecule has 47 heavy (non-hydrogen) atoms. The molecule has 12 heteroatoms. The average Bonchev–Trinajstić information content (AvgIpc) is 3.53. The topological polar surface area (TPSA) is 143 Å². The van der Waals surface area contributed by atoms with Crippen molar-refractivity contribution in [2.75, 3.05) is 32.5 Å². The van der Waals surface area contributed by atoms with Crippen LogP contribution in [0.1, 0.15) is 67.2 Å². The van der Waals surface area contributed by atoms with Crippen LogP contribution in [0.15, 0.2) is 30.5 Å². The second kappa shape index (κ2) is 17.1. The zero-order valence-corrected chi connectivity index (χ0v) is 29.5. The number of carbonyl (C=O) groups is 2. The van der Waals surface area contributed by atoms with E-state index < -0.39 is 35.1 Å². The first kappa shape index (κ1) is 38.1. The molecule has 0 bridgehead atoms. The molecule has 0 amide bonds. The highest BCUT2D eigenvalue weighted by Crippen LogP contribution is 2.38. The summed E-state index contributed by atoms with van der Waals surface area (Å²) >= 11 is 0. The van der Waals surface area contributed by atoms with E-state index in [0.717, 1.165) is 30.5 Å². The number of aryl methyl sites for hydroxylation is 1. The summed E-state index contributed by atoms with van der Waals surface area (Å²) in [6.07, 6.45) is 12.2. The Morgan fingerprint density at radius 1 is 1.23 bits per heavy atom. The Balaban J connectivity index is 1.77. The van der Waals surface area contributed by atoms with Crippen LogP contribution in [0.5, 0.6) is 0 Å². The molecule has 2 heterocycles. The van der Waals surface area contributed by atoms with Crippen LogP contribution in [0.2, 0.25) is 5.82 Å². The Bertz CT molecular complexity index is 1370. The smallest absolute Gasteiger partial charge is 0.316 e. The summed E-state index contributed by atoms with van der Waals surface area (Å²) in [4.78, 5) is 27.0. The number of aromatic nitrogens is 3. The maximum Gasteiger partial charge on any atom is 0.316 e. The number of benzene rings is 1. The van der Waals surface area contributed by atoms with Gasteiger partial charge in [0.05, 0.1) is 17.8 Å². The summed E-state index contributed by atoms with van der Waals surface area (Å²) in [5.74, 6) is -1.96. The third kappa shape index (κ3) is 9.59. The molecule has 1 fully saturated rings. The van der Waals surface area contributed by atoms with Gasteiger partial charge in [-0.1, -0.05) is 44.5 Å². The molecule has 0 radical (unpaired) electrons. The number of Topliss-reactive ketones (excluding diaryl/α,β-unsaturated/α-hetero) is 1. The molecule has 1 aromatic carbocycles. The van der Waals surface area contributed by atoms with E-state index in [1.807, 2.05) is 70.7 Å². The number of ether oxygens (including phenoxy) is 3. The van der Waals surface area contributed by atoms with Gasteiger partial charge < -0.3 is 30.6 Å². The molecule has 4 N–H and O–H groups in total. The Labute approximate surface area is 281 Å². The monoisotopic (exact) mass is 650 g/mol. The number of carbonyl (C=O) groups excluding carboxylic acids is 2. The van der Waals surface area contributed by atoms with Crippen molar-refractivity contribution in [3.8, 4) is 23.8 Å². The van der Waals surface area contributed by atoms with Gasteiger partial charge in [-0.15, -0.1) is 5.10 Å². The van der Waals surface area contributed by atoms with Crippen LogP contribution in [0.25, 0.3) is 11.3 Å². The zero-order valence-electron chi connectivity index (χ0n) is 29.5. The molecule has 1 saturated heterocycles. The van der Waals surface area contributed by atoms with Gasteiger partial charge in [0, 0.05) is 37.4 Å². The summed E-state index contributed by atoms with van der Waals surface area (Å²) in [5, 5.41) is 15.8. The van der Waals surface area contributed by atoms with Gasteiger partial charge in [0.15, 0.2) is 5.60 Å². The number of nitrogens with two attached hydrogens (primary N) is 1. The van der Waals surface area contributed by atoms with Crippen LogP contribution in [0, 0.1) is 30.3 Å². The van der Waals surface area contributed by atoms with Gasteiger partial charge in [0.1, 0.15) is 37.5 Å². The first-order valence-corrected chi connectivity index (χ1v) is 16.9. The molecule has 1 aliphatic rings. The maximum atomic E-state index is 13.6. The summed E-state index contributed by atoms with van der Waals surface area (Å²) < 4.78 is 19.9. The van der Waals surface area contributed by atoms with E-state index in [4.69, 9.17) is 26.4 Å². The minimum atomic E-state index is -1.07. The van der Waals surface area contributed by atoms with Gasteiger partial charge in [-0.25, -0.2) is 0 Å². The number of hydrogen-bond acceptors (Lipinski definition) is 10. The second-order valence-electron chi connectivity index (χ2n) is 13.6. The van der Waals surface area contributed by atoms with Gasteiger partial charge >= 0.3 is 5.97 Å². The van der Waals surface area contributed by atoms with Crippen molar-refractivity contribution >= 4 is 25.3 Å². The van der Waals surface area contributed by atoms with Crippen LogP contribution >= 0.6 is 0 Å². The van der Waals surface area contributed by atoms with Crippen molar-refractivity contribution in [1.29, 1.82) is 0 Å². The minimum Gasteiger partial charge on any atom is -0.457 e. The summed E-state index contributed by atoms with van der Waals surface area (Å²) in [7, 11) is 3.71. The average molecular weight is 651 g/mol. The molecule has 0 spiro atoms. The third-order valence-corrected chi connectivity index (χ3v) is 10.2. The lowest BCUT2D eigenvalue weighted by atomic mass is 9.62. The largest absolute Gasteiger partial charge is 0.457 e. The molecule has 2 aromatic rings. The van der Waals surface area contributed by atoms with Crippen LogP contribution in [0.4, 0.5) is 5.69 Å². The highest BCUT2D eigenvalue weighted by molar-refractivity contribution is 6.15. The van der Waals surface area contributed by atoms with E-state index in [0.29, 0.717) is 38.3 Å². The van der Waals surface area contributed by atoms with E-state index in [2.05, 4.69) is 34.0 Å². The van der Waals surface area contributed by atoms with Crippen LogP contribution < -0.4 is 16.4 Å². The number of terminal acetylenes is 1. The number of esters is 1. The molecule has 0 aliphatic carbocycles. The SMILES string of the molecule is B[C@@H]1[C@@H](C)C(=O)[C@@H](C)C(=O)O[C@H](CC)[C@@](C)(OC#C)[C@H](NCCCCn2cc(-c3cccc(N)c3)nn2)CNC[C@H](C)C[C@@]1(C)OC. The van der Waals surface area contributed by atoms with Crippen LogP contribution in [0.3, 0.4) is 0 Å². The Kier molecular flexibility index (Phi) is 13.9. The predicted octanol–water partition coefficient (Wildman–Crippen LogP) is 3.25. The number of rotatable bonds is 10. The molecule has 1 aromatic heterocycles. The number of nitrogens with one attached hydrogen (secondary N) is 2. The highest BCUT2D eigenvalue weighted by Gasteiger charge is 2.47. The Morgan fingerprint density at radius 3 is 2.64 bits per heavy atom. The molecule has 11 nitrogen and oxygen atoms in total. The first-order valence-electron chi connectivity index (χ1n) is 16.9. The van der Waals surface area contributed by atoms with Crippen LogP contribution in [-0.4, -0.2) is 84.7 Å². The fourth-order valence-electron chi connectivity index (χ4n) is 6.71. The maximum absolute atomic E-state index is 13.6. The zero-order chi connectivity index (χ0) is 34.8. The van der Waals surface area contributed by atoms with Crippen molar-refractivity contribution < 1.29 is 23.8 Å². The summed E-state index contributed by atoms with van der Waals surface area (Å²) in [6.45, 7) is 14.1. The fourth-order valence-corrected chi connectivity index (χ4v) is 6.71. The van der Waals surface area contributed by atoms with Crippen molar-refractivity contribution in [2.45, 2.75) is 103 Å². The van der Waals surface area contributed by atoms with Crippen molar-refractivity contribution in [2.24, 2.45) is 17.8 Å². The Hall–Kier alpha value is -3.40. The number of nitrogens with zero attached hydrogens (tertiary/aromatic N) is 3. The van der Waals surface area contributed by atoms with Gasteiger partial charge in [-0.2, -0.15) is 0 Å². The molecule has 8 atom stereocenters. The second-order valence-corrected chi connectivity index (χ2v) is 13.6. The predicted molar refractivity (Wildman–Crippen MR) is 187 cm³/mol. The van der Waals surface area contributed by atoms with E-state index >= 15 is 0 Å². The summed E-state index contributed by atoms with van der Waals surface area (Å²) in [5.41, 5.74) is 6.69. The first-order chi connectivity index (χ1) is 22.3. The van der Waals surface area contributed by atoms with Gasteiger partial charge in [0.25, 0.3) is 0 Å². The number of methoxy groups -OCH3 is 1. The third-order valence-electron chi connectivity index (χ3n) is 10.2. The van der Waals surface area contributed by atoms with E-state index in [-0.39, 0.29) is 23.6 Å². The van der Waals surface area contributed by atoms with Crippen molar-refractivity contribution in [3.63, 3.8) is 0 Å². The standard InChI is InChI=1S/C35H55BN6O5/c1-9-30-35(7,46-10-2)29(39-16-11-12-17-42-22-28(40-41-42)26-14-13-15-27(37)18-26)21-38-20-23(3)19-34(6,45-8)32(36)24(4)31(43)25(5)33(44)47-30/h2,13-15,18,22-25,29-30,32,38-39H,9,11-12,16-17,19-21,36-37H2,1,3-8H3/t23-,24+,25-,29-,30-,32-,34-,35+/m1/s1. The number of cyclic esters (lactones) is 1. The fraction of sp³-hybridized carbons (Fsp3) is 0.657. The number of unbranched alkanes of at least 4 members (excludes halogenated alkanes) is 1. The highest BCUT2D eigenvalue weighted by atomic mass is 16.6. The van der Waals surface area contributed by atoms with Crippen molar-refractivity contribution in [1.82, 2.24) is 25.6 Å². The molecule has 0 unspecified atom stereocenters. The van der Waals surface area contributed by atoms with E-state index in [1.54, 1.807) is 14.0 Å². The number of ketones is 1. The normalized spacial score (nSPS) is 31.3. The lowest BCUT2D eigenvalue weighted by Gasteiger charge is -2.41. The molecular weight excluding hydrogens is 595 g/mol. The molecule has 0 saturated carbocycles. The molecule has 1 aliphatic heterocycles. The molecular formula is C35H55BN6O5. The lowest BCUT2D eigenvalue weighted by Crippen LogP contribution is -2.62. The number of nitrogen functional groups attached to an aromatic ring is 1. The number of anilines is 1. The van der Waals surface area contributed by atoms with Gasteiger partial charge in [-0.3, -0.25) is 14.3 Å². The Morgan fingerprint density at radius 2 is 1.98 bits per heavy atom. The quantitative estimate of drug-likeness (QED) is 0.0876. The van der Waals surface area contributed by atoms with Gasteiger partial charge in [0.2, 0.25) is 0 Å². The molecule has 3 rings (SSSR count).